The first-order valence-electron chi connectivity index (χ1n) is 6.24. The van der Waals surface area contributed by atoms with Crippen LogP contribution in [0.25, 0.3) is 0 Å². The Hall–Kier alpha value is -0.850. The second-order valence-corrected chi connectivity index (χ2v) is 6.92. The van der Waals surface area contributed by atoms with Gasteiger partial charge in [-0.1, -0.05) is 0 Å². The van der Waals surface area contributed by atoms with E-state index in [4.69, 9.17) is 0 Å². The van der Waals surface area contributed by atoms with Crippen molar-refractivity contribution in [1.82, 2.24) is 19.2 Å². The molecule has 1 aromatic rings. The number of aromatic nitrogens is 2. The molecule has 0 N–H and O–H groups in total. The Kier molecular flexibility index (Phi) is 2.96. The van der Waals surface area contributed by atoms with E-state index in [1.54, 1.807) is 12.5 Å². The fourth-order valence-electron chi connectivity index (χ4n) is 3.01. The number of hydrogen-bond acceptors (Lipinski definition) is 4. The molecule has 0 bridgehead atoms. The molecule has 6 heteroatoms. The largest absolute Gasteiger partial charge is 0.306 e. The first-order chi connectivity index (χ1) is 8.62. The summed E-state index contributed by atoms with van der Waals surface area (Å²) in [6, 6.07) is 0. The summed E-state index contributed by atoms with van der Waals surface area (Å²) < 4.78 is 14.2. The summed E-state index contributed by atoms with van der Waals surface area (Å²) in [7, 11) is 2.97. The van der Waals surface area contributed by atoms with Crippen LogP contribution in [-0.4, -0.2) is 57.1 Å². The van der Waals surface area contributed by atoms with Crippen LogP contribution in [0.5, 0.6) is 0 Å². The molecule has 1 atom stereocenters. The van der Waals surface area contributed by atoms with Crippen molar-refractivity contribution in [2.24, 2.45) is 0 Å². The average Bonchev–Trinajstić information content (AvgIpc) is 2.40. The molecule has 2 aliphatic rings. The van der Waals surface area contributed by atoms with Crippen LogP contribution in [-0.2, 0) is 16.4 Å². The van der Waals surface area contributed by atoms with Gasteiger partial charge in [0.05, 0.1) is 10.6 Å². The molecular formula is C12H18N4OS. The van der Waals surface area contributed by atoms with Crippen molar-refractivity contribution in [3.8, 4) is 0 Å². The van der Waals surface area contributed by atoms with Crippen molar-refractivity contribution in [3.63, 3.8) is 0 Å². The lowest BCUT2D eigenvalue weighted by atomic mass is 9.75. The highest BCUT2D eigenvalue weighted by Gasteiger charge is 2.44. The zero-order valence-electron chi connectivity index (χ0n) is 10.8. The molecule has 0 saturated carbocycles. The molecule has 0 radical (unpaired) electrons. The van der Waals surface area contributed by atoms with Crippen LogP contribution in [0.1, 0.15) is 18.5 Å². The van der Waals surface area contributed by atoms with Gasteiger partial charge in [0.2, 0.25) is 0 Å². The summed E-state index contributed by atoms with van der Waals surface area (Å²) in [6.07, 6.45) is 5.46. The van der Waals surface area contributed by atoms with Gasteiger partial charge in [-0.3, -0.25) is 0 Å². The zero-order chi connectivity index (χ0) is 12.8. The lowest BCUT2D eigenvalue weighted by Gasteiger charge is -2.45. The van der Waals surface area contributed by atoms with E-state index >= 15 is 0 Å². The molecule has 0 amide bonds. The summed E-state index contributed by atoms with van der Waals surface area (Å²) in [4.78, 5) is 11.6. The highest BCUT2D eigenvalue weighted by atomic mass is 32.2. The third-order valence-electron chi connectivity index (χ3n) is 4.12. The van der Waals surface area contributed by atoms with Crippen molar-refractivity contribution in [2.45, 2.75) is 23.2 Å². The van der Waals surface area contributed by atoms with Gasteiger partial charge in [-0.05, 0) is 33.0 Å². The fourth-order valence-corrected chi connectivity index (χ4v) is 4.30. The molecular weight excluding hydrogens is 248 g/mol. The van der Waals surface area contributed by atoms with E-state index in [9.17, 15) is 4.21 Å². The normalized spacial score (nSPS) is 28.2. The quantitative estimate of drug-likeness (QED) is 0.682. The fraction of sp³-hybridized carbons (Fsp3) is 0.667. The van der Waals surface area contributed by atoms with Gasteiger partial charge >= 0.3 is 0 Å². The lowest BCUT2D eigenvalue weighted by molar-refractivity contribution is 0.159. The van der Waals surface area contributed by atoms with Gasteiger partial charge in [0, 0.05) is 25.2 Å². The molecule has 1 aromatic heterocycles. The molecule has 98 valence electrons. The van der Waals surface area contributed by atoms with Gasteiger partial charge < -0.3 is 4.90 Å². The SMILES string of the molecule is CN1CCC2(CC1)CN(C)S(=O)c1cncnc12. The van der Waals surface area contributed by atoms with Gasteiger partial charge in [-0.2, -0.15) is 0 Å². The Morgan fingerprint density at radius 3 is 2.78 bits per heavy atom. The minimum Gasteiger partial charge on any atom is -0.306 e. The van der Waals surface area contributed by atoms with E-state index in [2.05, 4.69) is 21.9 Å². The van der Waals surface area contributed by atoms with Crippen molar-refractivity contribution in [1.29, 1.82) is 0 Å². The molecule has 3 rings (SSSR count). The third-order valence-corrected chi connectivity index (χ3v) is 5.49. The van der Waals surface area contributed by atoms with E-state index in [0.29, 0.717) is 0 Å². The first-order valence-corrected chi connectivity index (χ1v) is 7.35. The maximum atomic E-state index is 12.3. The number of nitrogens with zero attached hydrogens (tertiary/aromatic N) is 4. The summed E-state index contributed by atoms with van der Waals surface area (Å²) in [5.74, 6) is 0. The summed E-state index contributed by atoms with van der Waals surface area (Å²) in [6.45, 7) is 2.98. The Bertz CT molecular complexity index is 485. The van der Waals surface area contributed by atoms with Crippen molar-refractivity contribution in [3.05, 3.63) is 18.2 Å². The second kappa shape index (κ2) is 4.36. The molecule has 1 saturated heterocycles. The molecule has 0 aliphatic carbocycles. The number of piperidine rings is 1. The Balaban J connectivity index is 2.06. The molecule has 0 aromatic carbocycles. The Morgan fingerprint density at radius 2 is 2.06 bits per heavy atom. The average molecular weight is 266 g/mol. The number of rotatable bonds is 0. The number of likely N-dealkylation sites (N-methyl/N-ethyl adjacent to an activating group) is 1. The molecule has 2 aliphatic heterocycles. The molecule has 1 spiro atoms. The Morgan fingerprint density at radius 1 is 1.33 bits per heavy atom. The van der Waals surface area contributed by atoms with E-state index < -0.39 is 11.0 Å². The second-order valence-electron chi connectivity index (χ2n) is 5.35. The van der Waals surface area contributed by atoms with Crippen LogP contribution in [0.15, 0.2) is 17.4 Å². The van der Waals surface area contributed by atoms with E-state index in [0.717, 1.165) is 43.1 Å². The zero-order valence-corrected chi connectivity index (χ0v) is 11.6. The van der Waals surface area contributed by atoms with E-state index in [1.807, 2.05) is 11.4 Å². The van der Waals surface area contributed by atoms with E-state index in [-0.39, 0.29) is 5.41 Å². The van der Waals surface area contributed by atoms with Crippen LogP contribution >= 0.6 is 0 Å². The third kappa shape index (κ3) is 1.79. The highest BCUT2D eigenvalue weighted by molar-refractivity contribution is 7.82. The maximum Gasteiger partial charge on any atom is 0.130 e. The van der Waals surface area contributed by atoms with Crippen molar-refractivity contribution in [2.75, 3.05) is 33.7 Å². The van der Waals surface area contributed by atoms with Crippen LogP contribution in [0.4, 0.5) is 0 Å². The molecule has 18 heavy (non-hydrogen) atoms. The monoisotopic (exact) mass is 266 g/mol. The highest BCUT2D eigenvalue weighted by Crippen LogP contribution is 2.40. The summed E-state index contributed by atoms with van der Waals surface area (Å²) >= 11 is 0. The van der Waals surface area contributed by atoms with Gasteiger partial charge in [-0.25, -0.2) is 18.5 Å². The van der Waals surface area contributed by atoms with Crippen molar-refractivity contribution >= 4 is 11.0 Å². The minimum absolute atomic E-state index is 0.0629. The van der Waals surface area contributed by atoms with Gasteiger partial charge in [0.1, 0.15) is 17.3 Å². The van der Waals surface area contributed by atoms with Gasteiger partial charge in [0.25, 0.3) is 0 Å². The predicted molar refractivity (Wildman–Crippen MR) is 69.5 cm³/mol. The summed E-state index contributed by atoms with van der Waals surface area (Å²) in [5.41, 5.74) is 1.08. The number of hydrogen-bond donors (Lipinski definition) is 0. The Labute approximate surface area is 110 Å². The number of fused-ring (bicyclic) bond motifs is 2. The molecule has 3 heterocycles. The smallest absolute Gasteiger partial charge is 0.130 e. The predicted octanol–water partition coefficient (Wildman–Crippen LogP) is 0.408. The van der Waals surface area contributed by atoms with E-state index in [1.165, 1.54) is 0 Å². The molecule has 1 unspecified atom stereocenters. The van der Waals surface area contributed by atoms with Crippen LogP contribution in [0.2, 0.25) is 0 Å². The summed E-state index contributed by atoms with van der Waals surface area (Å²) in [5, 5.41) is 0. The minimum atomic E-state index is -1.10. The van der Waals surface area contributed by atoms with Crippen LogP contribution < -0.4 is 0 Å². The first kappa shape index (κ1) is 12.2. The van der Waals surface area contributed by atoms with Gasteiger partial charge in [0.15, 0.2) is 0 Å². The lowest BCUT2D eigenvalue weighted by Crippen LogP contribution is -2.51. The maximum absolute atomic E-state index is 12.3. The molecule has 5 nitrogen and oxygen atoms in total. The van der Waals surface area contributed by atoms with Crippen molar-refractivity contribution < 1.29 is 4.21 Å². The van der Waals surface area contributed by atoms with Crippen LogP contribution in [0.3, 0.4) is 0 Å². The van der Waals surface area contributed by atoms with Crippen LogP contribution in [0, 0.1) is 0 Å². The topological polar surface area (TPSA) is 49.3 Å². The standard InChI is InChI=1S/C12H18N4OS/c1-15-5-3-12(4-6-15)8-16(2)18(17)10-7-13-9-14-11(10)12/h7,9H,3-6,8H2,1-2H3. The molecule has 1 fully saturated rings. The van der Waals surface area contributed by atoms with Gasteiger partial charge in [-0.15, -0.1) is 0 Å². The number of likely N-dealkylation sites (tertiary alicyclic amines) is 1.